The van der Waals surface area contributed by atoms with E-state index in [9.17, 15) is 0 Å². The Labute approximate surface area is 120 Å². The molecule has 3 nitrogen and oxygen atoms in total. The predicted molar refractivity (Wildman–Crippen MR) is 83.2 cm³/mol. The zero-order chi connectivity index (χ0) is 14.2. The van der Waals surface area contributed by atoms with Crippen molar-refractivity contribution in [2.24, 2.45) is 0 Å². The van der Waals surface area contributed by atoms with Gasteiger partial charge < -0.3 is 15.4 Å². The molecule has 20 heavy (non-hydrogen) atoms. The van der Waals surface area contributed by atoms with Gasteiger partial charge in [-0.05, 0) is 35.4 Å². The number of hydrogen-bond acceptors (Lipinski definition) is 3. The zero-order valence-electron chi connectivity index (χ0n) is 12.0. The van der Waals surface area contributed by atoms with Crippen molar-refractivity contribution in [3.63, 3.8) is 0 Å². The second-order valence-corrected chi connectivity index (χ2v) is 5.64. The van der Waals surface area contributed by atoms with Crippen LogP contribution in [0.4, 0.5) is 11.4 Å². The number of hydrogen-bond donors (Lipinski definition) is 1. The van der Waals surface area contributed by atoms with E-state index in [-0.39, 0.29) is 5.41 Å². The molecule has 0 bridgehead atoms. The number of nitrogens with two attached hydrogens (primary N) is 1. The van der Waals surface area contributed by atoms with Gasteiger partial charge in [0.2, 0.25) is 0 Å². The Balaban J connectivity index is 1.98. The van der Waals surface area contributed by atoms with Crippen LogP contribution in [0.25, 0.3) is 0 Å². The maximum Gasteiger partial charge on any atom is 0.0669 e. The minimum Gasteiger partial charge on any atom is -0.399 e. The van der Waals surface area contributed by atoms with Crippen LogP contribution in [0.2, 0.25) is 0 Å². The molecule has 0 radical (unpaired) electrons. The number of benzene rings is 2. The van der Waals surface area contributed by atoms with E-state index in [2.05, 4.69) is 55.4 Å². The molecule has 2 N–H and O–H groups in total. The van der Waals surface area contributed by atoms with Gasteiger partial charge in [-0.1, -0.05) is 24.3 Å². The zero-order valence-corrected chi connectivity index (χ0v) is 12.0. The van der Waals surface area contributed by atoms with E-state index < -0.39 is 0 Å². The smallest absolute Gasteiger partial charge is 0.0669 e. The summed E-state index contributed by atoms with van der Waals surface area (Å²) in [6.07, 6.45) is 0. The first-order valence-electron chi connectivity index (χ1n) is 6.83. The van der Waals surface area contributed by atoms with Crippen molar-refractivity contribution < 1.29 is 4.74 Å². The molecule has 0 aliphatic carbocycles. The number of rotatable bonds is 3. The van der Waals surface area contributed by atoms with Crippen molar-refractivity contribution in [1.82, 2.24) is 0 Å². The van der Waals surface area contributed by atoms with Crippen molar-refractivity contribution in [3.05, 3.63) is 59.7 Å². The molecule has 0 aromatic heterocycles. The molecule has 0 unspecified atom stereocenters. The van der Waals surface area contributed by atoms with Crippen molar-refractivity contribution in [2.75, 3.05) is 37.9 Å². The van der Waals surface area contributed by atoms with Gasteiger partial charge in [0.25, 0.3) is 0 Å². The molecule has 1 aliphatic heterocycles. The van der Waals surface area contributed by atoms with Gasteiger partial charge in [-0.3, -0.25) is 0 Å². The summed E-state index contributed by atoms with van der Waals surface area (Å²) in [5.74, 6) is 0. The average molecular weight is 268 g/mol. The van der Waals surface area contributed by atoms with E-state index in [4.69, 9.17) is 10.5 Å². The number of anilines is 2. The standard InChI is InChI=1S/C17H20N2O/c1-19(2)16-9-5-14(6-10-16)17(11-20-12-17)13-3-7-15(18)8-4-13/h3-10H,11-12,18H2,1-2H3. The molecule has 0 amide bonds. The fourth-order valence-electron chi connectivity index (χ4n) is 2.69. The Kier molecular flexibility index (Phi) is 3.14. The Morgan fingerprint density at radius 3 is 1.80 bits per heavy atom. The van der Waals surface area contributed by atoms with Crippen LogP contribution in [-0.2, 0) is 10.2 Å². The molecule has 1 fully saturated rings. The largest absolute Gasteiger partial charge is 0.399 e. The Hall–Kier alpha value is -2.00. The summed E-state index contributed by atoms with van der Waals surface area (Å²) in [4.78, 5) is 2.11. The molecule has 2 aromatic rings. The molecular weight excluding hydrogens is 248 g/mol. The first-order valence-corrected chi connectivity index (χ1v) is 6.83. The third-order valence-corrected chi connectivity index (χ3v) is 4.10. The highest BCUT2D eigenvalue weighted by Crippen LogP contribution is 2.39. The minimum absolute atomic E-state index is 0.0153. The van der Waals surface area contributed by atoms with E-state index in [0.29, 0.717) is 0 Å². The quantitative estimate of drug-likeness (QED) is 0.870. The van der Waals surface area contributed by atoms with Crippen LogP contribution in [0, 0.1) is 0 Å². The second kappa shape index (κ2) is 4.84. The fraction of sp³-hybridized carbons (Fsp3) is 0.294. The molecule has 0 saturated carbocycles. The summed E-state index contributed by atoms with van der Waals surface area (Å²) in [6, 6.07) is 16.9. The maximum atomic E-state index is 5.78. The number of nitrogen functional groups attached to an aromatic ring is 1. The minimum atomic E-state index is -0.0153. The van der Waals surface area contributed by atoms with E-state index in [1.807, 2.05) is 12.1 Å². The van der Waals surface area contributed by atoms with Crippen LogP contribution < -0.4 is 10.6 Å². The number of nitrogens with zero attached hydrogens (tertiary/aromatic N) is 1. The van der Waals surface area contributed by atoms with Crippen molar-refractivity contribution >= 4 is 11.4 Å². The Morgan fingerprint density at radius 1 is 0.900 bits per heavy atom. The van der Waals surface area contributed by atoms with Gasteiger partial charge in [0.1, 0.15) is 0 Å². The van der Waals surface area contributed by atoms with Gasteiger partial charge in [0.05, 0.1) is 18.6 Å². The SMILES string of the molecule is CN(C)c1ccc(C2(c3ccc(N)cc3)COC2)cc1. The molecule has 1 saturated heterocycles. The van der Waals surface area contributed by atoms with E-state index in [1.54, 1.807) is 0 Å². The van der Waals surface area contributed by atoms with Gasteiger partial charge in [-0.25, -0.2) is 0 Å². The van der Waals surface area contributed by atoms with Crippen LogP contribution >= 0.6 is 0 Å². The first-order chi connectivity index (χ1) is 9.62. The highest BCUT2D eigenvalue weighted by Gasteiger charge is 2.41. The van der Waals surface area contributed by atoms with E-state index in [0.717, 1.165) is 18.9 Å². The van der Waals surface area contributed by atoms with Crippen molar-refractivity contribution in [2.45, 2.75) is 5.41 Å². The maximum absolute atomic E-state index is 5.78. The molecule has 0 atom stereocenters. The summed E-state index contributed by atoms with van der Waals surface area (Å²) in [5, 5.41) is 0. The van der Waals surface area contributed by atoms with E-state index >= 15 is 0 Å². The molecular formula is C17H20N2O. The van der Waals surface area contributed by atoms with Crippen molar-refractivity contribution in [3.8, 4) is 0 Å². The lowest BCUT2D eigenvalue weighted by Crippen LogP contribution is -2.47. The van der Waals surface area contributed by atoms with Crippen LogP contribution in [0.3, 0.4) is 0 Å². The van der Waals surface area contributed by atoms with Crippen LogP contribution in [0.15, 0.2) is 48.5 Å². The third-order valence-electron chi connectivity index (χ3n) is 4.10. The molecule has 3 rings (SSSR count). The fourth-order valence-corrected chi connectivity index (χ4v) is 2.69. The van der Waals surface area contributed by atoms with Gasteiger partial charge in [-0.2, -0.15) is 0 Å². The van der Waals surface area contributed by atoms with Gasteiger partial charge in [0.15, 0.2) is 0 Å². The molecule has 2 aromatic carbocycles. The first kappa shape index (κ1) is 13.0. The van der Waals surface area contributed by atoms with Crippen LogP contribution in [0.1, 0.15) is 11.1 Å². The molecule has 3 heteroatoms. The Morgan fingerprint density at radius 2 is 1.40 bits per heavy atom. The van der Waals surface area contributed by atoms with Crippen LogP contribution in [-0.4, -0.2) is 27.3 Å². The monoisotopic (exact) mass is 268 g/mol. The molecule has 1 heterocycles. The molecule has 104 valence electrons. The normalized spacial score (nSPS) is 16.5. The van der Waals surface area contributed by atoms with Gasteiger partial charge in [0, 0.05) is 25.5 Å². The Bertz CT molecular complexity index is 583. The molecule has 1 aliphatic rings. The third kappa shape index (κ3) is 2.04. The average Bonchev–Trinajstić information content (AvgIpc) is 2.40. The van der Waals surface area contributed by atoms with E-state index in [1.165, 1.54) is 16.8 Å². The summed E-state index contributed by atoms with van der Waals surface area (Å²) >= 11 is 0. The van der Waals surface area contributed by atoms with Gasteiger partial charge in [-0.15, -0.1) is 0 Å². The lowest BCUT2D eigenvalue weighted by atomic mass is 9.73. The number of ether oxygens (including phenoxy) is 1. The second-order valence-electron chi connectivity index (χ2n) is 5.64. The highest BCUT2D eigenvalue weighted by molar-refractivity contribution is 5.52. The summed E-state index contributed by atoms with van der Waals surface area (Å²) in [6.45, 7) is 1.47. The lowest BCUT2D eigenvalue weighted by molar-refractivity contribution is -0.0379. The highest BCUT2D eigenvalue weighted by atomic mass is 16.5. The van der Waals surface area contributed by atoms with Gasteiger partial charge >= 0.3 is 0 Å². The lowest BCUT2D eigenvalue weighted by Gasteiger charge is -2.42. The van der Waals surface area contributed by atoms with Crippen LogP contribution in [0.5, 0.6) is 0 Å². The summed E-state index contributed by atoms with van der Waals surface area (Å²) < 4.78 is 5.51. The summed E-state index contributed by atoms with van der Waals surface area (Å²) in [5.41, 5.74) is 10.4. The predicted octanol–water partition coefficient (Wildman–Crippen LogP) is 2.65. The van der Waals surface area contributed by atoms with Crippen molar-refractivity contribution in [1.29, 1.82) is 0 Å². The molecule has 0 spiro atoms. The topological polar surface area (TPSA) is 38.5 Å². The summed E-state index contributed by atoms with van der Waals surface area (Å²) in [7, 11) is 4.11.